The number of nitrogens with zero attached hydrogens (tertiary/aromatic N) is 3. The Kier molecular flexibility index (Phi) is 6.16. The Bertz CT molecular complexity index is 2850. The molecule has 3 heterocycles. The van der Waals surface area contributed by atoms with Crippen LogP contribution in [-0.4, -0.2) is 29.5 Å². The van der Waals surface area contributed by atoms with E-state index in [1.807, 2.05) is 60.7 Å². The van der Waals surface area contributed by atoms with Gasteiger partial charge < -0.3 is 4.42 Å². The fraction of sp³-hybridized carbons (Fsp3) is 0. The second-order valence-electron chi connectivity index (χ2n) is 12.0. The summed E-state index contributed by atoms with van der Waals surface area (Å²) in [7, 11) is 0. The maximum atomic E-state index is 6.23. The Morgan fingerprint density at radius 2 is 1.08 bits per heavy atom. The number of benzene rings is 7. The quantitative estimate of drug-likeness (QED) is 0.174. The van der Waals surface area contributed by atoms with Crippen molar-refractivity contribution in [2.24, 2.45) is 0 Å². The monoisotopic (exact) mass is 679 g/mol. The number of para-hydroxylation sites is 1. The minimum atomic E-state index is 0.244. The normalized spacial score (nSPS) is 11.8. The molecule has 4 nitrogen and oxygen atoms in total. The Morgan fingerprint density at radius 3 is 2.00 bits per heavy atom. The standard InChI is InChI=1S/C43H25N3OSe/c1-2-11-27(12-3-1)41-44-42(46-43(45-41)34-19-10-21-37-39(34)33-15-4-6-20-36(33)47-37)28-24-23-26-13-8-16-29(35(26)25-28)31-17-9-18-32-30-14-5-7-22-38(30)48-40(31)32/h1-25H. The van der Waals surface area contributed by atoms with Gasteiger partial charge in [0.15, 0.2) is 0 Å². The summed E-state index contributed by atoms with van der Waals surface area (Å²) in [6.45, 7) is 0. The average molecular weight is 679 g/mol. The summed E-state index contributed by atoms with van der Waals surface area (Å²) < 4.78 is 9.12. The zero-order valence-electron chi connectivity index (χ0n) is 25.6. The minimum absolute atomic E-state index is 0.244. The zero-order valence-corrected chi connectivity index (χ0v) is 27.3. The van der Waals surface area contributed by atoms with E-state index in [0.29, 0.717) is 17.5 Å². The van der Waals surface area contributed by atoms with Gasteiger partial charge in [0, 0.05) is 0 Å². The van der Waals surface area contributed by atoms with E-state index in [2.05, 4.69) is 91.0 Å². The zero-order chi connectivity index (χ0) is 31.6. The number of fused-ring (bicyclic) bond motifs is 7. The van der Waals surface area contributed by atoms with E-state index < -0.39 is 0 Å². The predicted molar refractivity (Wildman–Crippen MR) is 198 cm³/mol. The van der Waals surface area contributed by atoms with Gasteiger partial charge in [-0.05, 0) is 12.1 Å². The summed E-state index contributed by atoms with van der Waals surface area (Å²) in [6.07, 6.45) is 0. The third-order valence-corrected chi connectivity index (χ3v) is 11.7. The van der Waals surface area contributed by atoms with Gasteiger partial charge in [-0.1, -0.05) is 24.3 Å². The topological polar surface area (TPSA) is 51.8 Å². The van der Waals surface area contributed by atoms with Crippen molar-refractivity contribution >= 4 is 66.5 Å². The fourth-order valence-electron chi connectivity index (χ4n) is 6.91. The van der Waals surface area contributed by atoms with Crippen LogP contribution in [0.5, 0.6) is 0 Å². The van der Waals surface area contributed by atoms with Crippen molar-refractivity contribution in [2.75, 3.05) is 0 Å². The van der Waals surface area contributed by atoms with Gasteiger partial charge in [-0.25, -0.2) is 0 Å². The van der Waals surface area contributed by atoms with Gasteiger partial charge in [0.1, 0.15) is 5.58 Å². The molecule has 0 saturated heterocycles. The second kappa shape index (κ2) is 10.9. The number of hydrogen-bond acceptors (Lipinski definition) is 4. The number of rotatable bonds is 4. The van der Waals surface area contributed by atoms with Crippen LogP contribution in [0.1, 0.15) is 0 Å². The molecule has 0 aliphatic rings. The molecule has 0 fully saturated rings. The first-order chi connectivity index (χ1) is 23.8. The van der Waals surface area contributed by atoms with Crippen LogP contribution >= 0.6 is 0 Å². The van der Waals surface area contributed by atoms with Crippen LogP contribution in [-0.2, 0) is 0 Å². The Balaban J connectivity index is 1.21. The molecule has 0 N–H and O–H groups in total. The molecule has 48 heavy (non-hydrogen) atoms. The van der Waals surface area contributed by atoms with Crippen molar-refractivity contribution in [3.05, 3.63) is 152 Å². The Morgan fingerprint density at radius 1 is 0.417 bits per heavy atom. The molecule has 0 atom stereocenters. The van der Waals surface area contributed by atoms with Gasteiger partial charge in [-0.3, -0.25) is 0 Å². The molecule has 0 saturated carbocycles. The molecule has 10 aromatic rings. The van der Waals surface area contributed by atoms with Crippen LogP contribution in [0.25, 0.3) is 97.3 Å². The van der Waals surface area contributed by atoms with E-state index in [1.165, 1.54) is 41.2 Å². The summed E-state index contributed by atoms with van der Waals surface area (Å²) in [6, 6.07) is 53.1. The Labute approximate surface area is 281 Å². The first-order valence-corrected chi connectivity index (χ1v) is 17.7. The van der Waals surface area contributed by atoms with Gasteiger partial charge in [0.05, 0.1) is 0 Å². The van der Waals surface area contributed by atoms with Crippen molar-refractivity contribution in [3.63, 3.8) is 0 Å². The van der Waals surface area contributed by atoms with Crippen molar-refractivity contribution in [2.45, 2.75) is 0 Å². The van der Waals surface area contributed by atoms with Crippen LogP contribution in [0.3, 0.4) is 0 Å². The van der Waals surface area contributed by atoms with Crippen LogP contribution in [0.2, 0.25) is 0 Å². The van der Waals surface area contributed by atoms with E-state index in [4.69, 9.17) is 19.4 Å². The van der Waals surface area contributed by atoms with Crippen LogP contribution < -0.4 is 0 Å². The van der Waals surface area contributed by atoms with Crippen molar-refractivity contribution < 1.29 is 4.42 Å². The first-order valence-electron chi connectivity index (χ1n) is 15.9. The first kappa shape index (κ1) is 27.3. The molecule has 0 amide bonds. The molecule has 224 valence electrons. The second-order valence-corrected chi connectivity index (χ2v) is 14.2. The van der Waals surface area contributed by atoms with Crippen LogP contribution in [0, 0.1) is 0 Å². The number of aromatic nitrogens is 3. The summed E-state index contributed by atoms with van der Waals surface area (Å²) in [5.41, 5.74) is 6.99. The molecular formula is C43H25N3OSe. The molecular weight excluding hydrogens is 653 g/mol. The molecule has 0 radical (unpaired) electrons. The average Bonchev–Trinajstić information content (AvgIpc) is 3.73. The number of furan rings is 1. The van der Waals surface area contributed by atoms with E-state index in [-0.39, 0.29) is 14.5 Å². The molecule has 0 unspecified atom stereocenters. The van der Waals surface area contributed by atoms with Crippen molar-refractivity contribution in [1.29, 1.82) is 0 Å². The molecule has 10 rings (SSSR count). The molecule has 0 spiro atoms. The Hall–Kier alpha value is -5.87. The van der Waals surface area contributed by atoms with Gasteiger partial charge in [0.25, 0.3) is 0 Å². The third-order valence-electron chi connectivity index (χ3n) is 9.15. The van der Waals surface area contributed by atoms with Gasteiger partial charge in [-0.15, -0.1) is 0 Å². The van der Waals surface area contributed by atoms with Crippen LogP contribution in [0.15, 0.2) is 156 Å². The van der Waals surface area contributed by atoms with Crippen molar-refractivity contribution in [1.82, 2.24) is 15.0 Å². The number of hydrogen-bond donors (Lipinski definition) is 0. The summed E-state index contributed by atoms with van der Waals surface area (Å²) in [5, 5.41) is 7.13. The van der Waals surface area contributed by atoms with E-state index >= 15 is 0 Å². The van der Waals surface area contributed by atoms with Gasteiger partial charge in [0.2, 0.25) is 0 Å². The molecule has 3 aromatic heterocycles. The molecule has 5 heteroatoms. The van der Waals surface area contributed by atoms with E-state index in [0.717, 1.165) is 38.6 Å². The maximum absolute atomic E-state index is 6.23. The van der Waals surface area contributed by atoms with E-state index in [9.17, 15) is 0 Å². The van der Waals surface area contributed by atoms with Gasteiger partial charge in [-0.2, -0.15) is 0 Å². The molecule has 0 aliphatic heterocycles. The van der Waals surface area contributed by atoms with E-state index in [1.54, 1.807) is 0 Å². The van der Waals surface area contributed by atoms with Gasteiger partial charge >= 0.3 is 236 Å². The predicted octanol–water partition coefficient (Wildman–Crippen LogP) is 11.0. The summed E-state index contributed by atoms with van der Waals surface area (Å²) in [5.74, 6) is 1.89. The molecule has 0 aliphatic carbocycles. The SMILES string of the molecule is c1ccc(-c2nc(-c3ccc4cccc(-c5cccc6c5[se]c5ccccc56)c4c3)nc(-c3cccc4oc5ccccc5c34)n2)cc1. The van der Waals surface area contributed by atoms with Crippen LogP contribution in [0.4, 0.5) is 0 Å². The molecule has 0 bridgehead atoms. The molecule has 7 aromatic carbocycles. The van der Waals surface area contributed by atoms with Crippen molar-refractivity contribution in [3.8, 4) is 45.3 Å². The third kappa shape index (κ3) is 4.33. The summed E-state index contributed by atoms with van der Waals surface area (Å²) in [4.78, 5) is 15.3. The summed E-state index contributed by atoms with van der Waals surface area (Å²) >= 11 is 0.244. The fourth-order valence-corrected chi connectivity index (χ4v) is 9.49.